The second-order valence-electron chi connectivity index (χ2n) is 1.71. The lowest BCUT2D eigenvalue weighted by Crippen LogP contribution is -2.10. The third-order valence-electron chi connectivity index (χ3n) is 0.646. The SMILES string of the molecule is C.C=CCOCC=C.F.NCC(=O)O. The molecule has 0 bridgehead atoms. The molecule has 3 N–H and O–H groups in total. The molecule has 0 saturated carbocycles. The topological polar surface area (TPSA) is 72.5 Å². The standard InChI is InChI=1S/C6H10O.C2H5NO2.CH4.FH/c1-3-5-7-6-4-2;3-1-2(4)5;;/h3-4H,1-2,5-6H2;1,3H2,(H,4,5);1H4;1H. The van der Waals surface area contributed by atoms with Crippen LogP contribution < -0.4 is 5.73 Å². The van der Waals surface area contributed by atoms with E-state index in [0.29, 0.717) is 13.2 Å². The molecular weight excluding hydrogens is 189 g/mol. The van der Waals surface area contributed by atoms with Gasteiger partial charge in [-0.25, -0.2) is 0 Å². The highest BCUT2D eigenvalue weighted by Crippen LogP contribution is 1.72. The van der Waals surface area contributed by atoms with Crippen LogP contribution in [-0.4, -0.2) is 30.8 Å². The van der Waals surface area contributed by atoms with E-state index in [1.165, 1.54) is 0 Å². The number of aliphatic carboxylic acids is 1. The zero-order valence-electron chi connectivity index (χ0n) is 7.44. The van der Waals surface area contributed by atoms with E-state index in [1.54, 1.807) is 12.2 Å². The van der Waals surface area contributed by atoms with Crippen LogP contribution in [0.1, 0.15) is 7.43 Å². The van der Waals surface area contributed by atoms with E-state index in [0.717, 1.165) is 0 Å². The Morgan fingerprint density at radius 2 is 1.64 bits per heavy atom. The minimum absolute atomic E-state index is 0. The summed E-state index contributed by atoms with van der Waals surface area (Å²) >= 11 is 0. The number of carbonyl (C=O) groups is 1. The number of carboxylic acid groups (broad SMARTS) is 1. The Kier molecular flexibility index (Phi) is 37.2. The van der Waals surface area contributed by atoms with Crippen LogP contribution in [0.3, 0.4) is 0 Å². The lowest BCUT2D eigenvalue weighted by Gasteiger charge is -1.89. The molecule has 0 aromatic rings. The summed E-state index contributed by atoms with van der Waals surface area (Å²) in [6, 6.07) is 0. The Labute approximate surface area is 84.4 Å². The van der Waals surface area contributed by atoms with Crippen LogP contribution >= 0.6 is 0 Å². The van der Waals surface area contributed by atoms with Crippen LogP contribution in [0.25, 0.3) is 0 Å². The van der Waals surface area contributed by atoms with Crippen molar-refractivity contribution in [1.82, 2.24) is 0 Å². The maximum absolute atomic E-state index is 9.24. The summed E-state index contributed by atoms with van der Waals surface area (Å²) in [5, 5.41) is 7.60. The van der Waals surface area contributed by atoms with Gasteiger partial charge in [-0.1, -0.05) is 19.6 Å². The van der Waals surface area contributed by atoms with Crippen molar-refractivity contribution in [2.75, 3.05) is 19.8 Å². The Morgan fingerprint density at radius 3 is 1.79 bits per heavy atom. The number of hydrogen-bond acceptors (Lipinski definition) is 3. The average Bonchev–Trinajstić information content (AvgIpc) is 2.07. The summed E-state index contributed by atoms with van der Waals surface area (Å²) in [6.07, 6.45) is 3.42. The van der Waals surface area contributed by atoms with E-state index in [9.17, 15) is 4.79 Å². The highest BCUT2D eigenvalue weighted by Gasteiger charge is 1.81. The number of nitrogens with two attached hydrogens (primary N) is 1. The van der Waals surface area contributed by atoms with Gasteiger partial charge in [0, 0.05) is 0 Å². The summed E-state index contributed by atoms with van der Waals surface area (Å²) in [6.45, 7) is 7.90. The van der Waals surface area contributed by atoms with Crippen molar-refractivity contribution < 1.29 is 19.3 Å². The Morgan fingerprint density at radius 1 is 1.36 bits per heavy atom. The van der Waals surface area contributed by atoms with Crippen molar-refractivity contribution in [3.05, 3.63) is 25.3 Å². The van der Waals surface area contributed by atoms with Crippen molar-refractivity contribution in [2.24, 2.45) is 5.73 Å². The monoisotopic (exact) mass is 209 g/mol. The van der Waals surface area contributed by atoms with Gasteiger partial charge in [-0.2, -0.15) is 0 Å². The van der Waals surface area contributed by atoms with Gasteiger partial charge in [-0.15, -0.1) is 13.2 Å². The van der Waals surface area contributed by atoms with E-state index in [-0.39, 0.29) is 18.7 Å². The van der Waals surface area contributed by atoms with E-state index in [2.05, 4.69) is 18.9 Å². The summed E-state index contributed by atoms with van der Waals surface area (Å²) in [4.78, 5) is 9.24. The van der Waals surface area contributed by atoms with Gasteiger partial charge >= 0.3 is 5.97 Å². The molecular formula is C9H20FNO3. The highest BCUT2D eigenvalue weighted by atomic mass is 19.0. The van der Waals surface area contributed by atoms with Gasteiger partial charge in [-0.3, -0.25) is 9.50 Å². The lowest BCUT2D eigenvalue weighted by atomic mass is 10.6. The predicted molar refractivity (Wildman–Crippen MR) is 57.1 cm³/mol. The third kappa shape index (κ3) is 45.0. The molecule has 0 rings (SSSR count). The van der Waals surface area contributed by atoms with Gasteiger partial charge in [0.2, 0.25) is 0 Å². The molecule has 0 heterocycles. The molecule has 14 heavy (non-hydrogen) atoms. The molecule has 0 atom stereocenters. The van der Waals surface area contributed by atoms with Crippen LogP contribution in [0.5, 0.6) is 0 Å². The molecule has 0 fully saturated rings. The molecule has 0 unspecified atom stereocenters. The van der Waals surface area contributed by atoms with Crippen molar-refractivity contribution in [2.45, 2.75) is 7.43 Å². The molecule has 5 heteroatoms. The first kappa shape index (κ1) is 23.0. The Bertz CT molecular complexity index is 132. The maximum atomic E-state index is 9.24. The normalized spacial score (nSPS) is 6.64. The zero-order valence-corrected chi connectivity index (χ0v) is 7.44. The van der Waals surface area contributed by atoms with Gasteiger partial charge < -0.3 is 15.6 Å². The van der Waals surface area contributed by atoms with Crippen molar-refractivity contribution in [3.8, 4) is 0 Å². The van der Waals surface area contributed by atoms with Gasteiger partial charge in [-0.05, 0) is 0 Å². The number of hydrogen-bond donors (Lipinski definition) is 2. The molecule has 0 spiro atoms. The zero-order chi connectivity index (χ0) is 9.82. The van der Waals surface area contributed by atoms with Crippen molar-refractivity contribution in [1.29, 1.82) is 0 Å². The molecule has 0 amide bonds. The molecule has 0 saturated heterocycles. The van der Waals surface area contributed by atoms with Crippen molar-refractivity contribution in [3.63, 3.8) is 0 Å². The smallest absolute Gasteiger partial charge is 0.317 e. The average molecular weight is 209 g/mol. The fourth-order valence-corrected chi connectivity index (χ4v) is 0.235. The fraction of sp³-hybridized carbons (Fsp3) is 0.444. The fourth-order valence-electron chi connectivity index (χ4n) is 0.235. The maximum Gasteiger partial charge on any atom is 0.317 e. The Hall–Kier alpha value is -1.20. The first-order valence-electron chi connectivity index (χ1n) is 3.40. The predicted octanol–water partition coefficient (Wildman–Crippen LogP) is 1.19. The number of carboxylic acids is 1. The van der Waals surface area contributed by atoms with Gasteiger partial charge in [0.05, 0.1) is 19.8 Å². The molecule has 86 valence electrons. The minimum atomic E-state index is -0.968. The highest BCUT2D eigenvalue weighted by molar-refractivity contribution is 5.68. The van der Waals surface area contributed by atoms with E-state index < -0.39 is 5.97 Å². The molecule has 0 aromatic heterocycles. The summed E-state index contributed by atoms with van der Waals surface area (Å²) in [5.41, 5.74) is 4.57. The molecule has 0 aromatic carbocycles. The first-order valence-corrected chi connectivity index (χ1v) is 3.40. The van der Waals surface area contributed by atoms with Crippen LogP contribution in [-0.2, 0) is 9.53 Å². The molecule has 0 aliphatic heterocycles. The summed E-state index contributed by atoms with van der Waals surface area (Å²) in [7, 11) is 0. The molecule has 0 radical (unpaired) electrons. The second kappa shape index (κ2) is 22.6. The quantitative estimate of drug-likeness (QED) is 0.527. The van der Waals surface area contributed by atoms with Crippen molar-refractivity contribution >= 4 is 5.97 Å². The van der Waals surface area contributed by atoms with Gasteiger partial charge in [0.15, 0.2) is 0 Å². The second-order valence-corrected chi connectivity index (χ2v) is 1.71. The van der Waals surface area contributed by atoms with E-state index in [1.807, 2.05) is 0 Å². The van der Waals surface area contributed by atoms with E-state index in [4.69, 9.17) is 9.84 Å². The lowest BCUT2D eigenvalue weighted by molar-refractivity contribution is -0.135. The third-order valence-corrected chi connectivity index (χ3v) is 0.646. The molecule has 4 nitrogen and oxygen atoms in total. The number of rotatable bonds is 5. The van der Waals surface area contributed by atoms with Gasteiger partial charge in [0.1, 0.15) is 0 Å². The largest absolute Gasteiger partial charge is 0.480 e. The minimum Gasteiger partial charge on any atom is -0.480 e. The number of halogens is 1. The Balaban J connectivity index is -0.0000000651. The molecule has 0 aliphatic carbocycles. The summed E-state index contributed by atoms with van der Waals surface area (Å²) in [5.74, 6) is -0.968. The number of ether oxygens (including phenoxy) is 1. The van der Waals surface area contributed by atoms with E-state index >= 15 is 0 Å². The van der Waals surface area contributed by atoms with Gasteiger partial charge in [0.25, 0.3) is 0 Å². The van der Waals surface area contributed by atoms with Crippen LogP contribution in [0.2, 0.25) is 0 Å². The van der Waals surface area contributed by atoms with Crippen LogP contribution in [0.4, 0.5) is 4.70 Å². The first-order chi connectivity index (χ1) is 5.68. The van der Waals surface area contributed by atoms with Crippen LogP contribution in [0, 0.1) is 0 Å². The molecule has 0 aliphatic rings. The summed E-state index contributed by atoms with van der Waals surface area (Å²) < 4.78 is 4.90. The van der Waals surface area contributed by atoms with Crippen LogP contribution in [0.15, 0.2) is 25.3 Å².